The summed E-state index contributed by atoms with van der Waals surface area (Å²) in [5, 5.41) is 3.39. The van der Waals surface area contributed by atoms with E-state index in [4.69, 9.17) is 5.73 Å². The van der Waals surface area contributed by atoms with Crippen molar-refractivity contribution in [2.75, 3.05) is 6.54 Å². The van der Waals surface area contributed by atoms with Crippen LogP contribution in [0.4, 0.5) is 0 Å². The Kier molecular flexibility index (Phi) is 2.23. The molecule has 0 spiro atoms. The third kappa shape index (κ3) is 1.73. The maximum Gasteiger partial charge on any atom is 0.0963 e. The molecule has 3 heteroatoms. The summed E-state index contributed by atoms with van der Waals surface area (Å²) in [4.78, 5) is 4.49. The molecule has 1 aliphatic rings. The second-order valence-electron chi connectivity index (χ2n) is 3.02. The Balaban J connectivity index is 2.07. The van der Waals surface area contributed by atoms with Gasteiger partial charge in [0, 0.05) is 17.8 Å². The van der Waals surface area contributed by atoms with Crippen molar-refractivity contribution in [1.29, 1.82) is 0 Å². The number of thiazole rings is 1. The highest BCUT2D eigenvalue weighted by Crippen LogP contribution is 2.41. The standard InChI is InChI=1S/C9H12N2S/c10-5-1-2-8-6-12-9(11-8)7-3-4-7/h1-2,6-7H,3-5,10H2/b2-1+. The predicted octanol–water partition coefficient (Wildman–Crippen LogP) is 1.99. The highest BCUT2D eigenvalue weighted by molar-refractivity contribution is 7.09. The topological polar surface area (TPSA) is 38.9 Å². The van der Waals surface area contributed by atoms with E-state index in [9.17, 15) is 0 Å². The average Bonchev–Trinajstić information content (AvgIpc) is 2.83. The summed E-state index contributed by atoms with van der Waals surface area (Å²) >= 11 is 1.77. The van der Waals surface area contributed by atoms with Crippen LogP contribution in [0, 0.1) is 0 Å². The summed E-state index contributed by atoms with van der Waals surface area (Å²) in [6.07, 6.45) is 6.58. The summed E-state index contributed by atoms with van der Waals surface area (Å²) in [7, 11) is 0. The van der Waals surface area contributed by atoms with Gasteiger partial charge in [-0.2, -0.15) is 0 Å². The Morgan fingerprint density at radius 2 is 2.50 bits per heavy atom. The molecule has 12 heavy (non-hydrogen) atoms. The predicted molar refractivity (Wildman–Crippen MR) is 52.2 cm³/mol. The number of nitrogens with zero attached hydrogens (tertiary/aromatic N) is 1. The van der Waals surface area contributed by atoms with Gasteiger partial charge in [0.2, 0.25) is 0 Å². The Morgan fingerprint density at radius 3 is 3.17 bits per heavy atom. The Labute approximate surface area is 76.1 Å². The molecule has 1 saturated carbocycles. The van der Waals surface area contributed by atoms with Crippen LogP contribution in [0.2, 0.25) is 0 Å². The minimum Gasteiger partial charge on any atom is -0.327 e. The van der Waals surface area contributed by atoms with Crippen molar-refractivity contribution in [3.63, 3.8) is 0 Å². The van der Waals surface area contributed by atoms with E-state index in [1.54, 1.807) is 11.3 Å². The number of hydrogen-bond donors (Lipinski definition) is 1. The van der Waals surface area contributed by atoms with E-state index in [-0.39, 0.29) is 0 Å². The molecule has 1 heterocycles. The maximum absolute atomic E-state index is 5.34. The molecule has 0 saturated heterocycles. The van der Waals surface area contributed by atoms with Crippen LogP contribution in [0.3, 0.4) is 0 Å². The van der Waals surface area contributed by atoms with Crippen LogP contribution in [0.1, 0.15) is 29.5 Å². The third-order valence-electron chi connectivity index (χ3n) is 1.89. The summed E-state index contributed by atoms with van der Waals surface area (Å²) in [5.41, 5.74) is 6.41. The first-order valence-corrected chi connectivity index (χ1v) is 5.10. The van der Waals surface area contributed by atoms with Crippen LogP contribution in [0.5, 0.6) is 0 Å². The van der Waals surface area contributed by atoms with Gasteiger partial charge in [0.15, 0.2) is 0 Å². The first-order chi connectivity index (χ1) is 5.90. The molecule has 1 fully saturated rings. The quantitative estimate of drug-likeness (QED) is 0.772. The molecule has 0 bridgehead atoms. The Morgan fingerprint density at radius 1 is 1.67 bits per heavy atom. The fourth-order valence-corrected chi connectivity index (χ4v) is 2.04. The van der Waals surface area contributed by atoms with Gasteiger partial charge in [-0.1, -0.05) is 6.08 Å². The van der Waals surface area contributed by atoms with Crippen molar-refractivity contribution in [2.24, 2.45) is 5.73 Å². The number of aromatic nitrogens is 1. The second-order valence-corrected chi connectivity index (χ2v) is 3.91. The van der Waals surface area contributed by atoms with Gasteiger partial charge in [0.05, 0.1) is 10.7 Å². The fraction of sp³-hybridized carbons (Fsp3) is 0.444. The molecule has 0 aromatic carbocycles. The molecule has 0 amide bonds. The van der Waals surface area contributed by atoms with E-state index >= 15 is 0 Å². The van der Waals surface area contributed by atoms with E-state index in [1.807, 2.05) is 12.2 Å². The molecule has 1 aliphatic carbocycles. The highest BCUT2D eigenvalue weighted by Gasteiger charge is 2.26. The summed E-state index contributed by atoms with van der Waals surface area (Å²) in [5.74, 6) is 0.773. The lowest BCUT2D eigenvalue weighted by Gasteiger charge is -1.84. The van der Waals surface area contributed by atoms with Crippen molar-refractivity contribution in [3.05, 3.63) is 22.2 Å². The van der Waals surface area contributed by atoms with Crippen molar-refractivity contribution < 1.29 is 0 Å². The molecule has 1 aromatic rings. The zero-order chi connectivity index (χ0) is 8.39. The third-order valence-corrected chi connectivity index (χ3v) is 2.92. The van der Waals surface area contributed by atoms with Gasteiger partial charge in [-0.25, -0.2) is 4.98 Å². The normalized spacial score (nSPS) is 17.4. The van der Waals surface area contributed by atoms with E-state index in [2.05, 4.69) is 10.4 Å². The Hall–Kier alpha value is -0.670. The van der Waals surface area contributed by atoms with Crippen molar-refractivity contribution in [1.82, 2.24) is 4.98 Å². The largest absolute Gasteiger partial charge is 0.327 e. The zero-order valence-electron chi connectivity index (χ0n) is 6.86. The summed E-state index contributed by atoms with van der Waals surface area (Å²) in [6, 6.07) is 0. The molecule has 2 rings (SSSR count). The number of nitrogens with two attached hydrogens (primary N) is 1. The van der Waals surface area contributed by atoms with Gasteiger partial charge in [-0.3, -0.25) is 0 Å². The molecular formula is C9H12N2S. The molecule has 0 atom stereocenters. The van der Waals surface area contributed by atoms with Gasteiger partial charge >= 0.3 is 0 Å². The van der Waals surface area contributed by atoms with Crippen LogP contribution in [-0.2, 0) is 0 Å². The molecule has 0 unspecified atom stereocenters. The second kappa shape index (κ2) is 3.37. The minimum atomic E-state index is 0.594. The summed E-state index contributed by atoms with van der Waals surface area (Å²) in [6.45, 7) is 0.594. The van der Waals surface area contributed by atoms with Gasteiger partial charge < -0.3 is 5.73 Å². The first-order valence-electron chi connectivity index (χ1n) is 4.22. The fourth-order valence-electron chi connectivity index (χ4n) is 1.08. The van der Waals surface area contributed by atoms with Crippen molar-refractivity contribution in [2.45, 2.75) is 18.8 Å². The average molecular weight is 180 g/mol. The zero-order valence-corrected chi connectivity index (χ0v) is 7.68. The number of rotatable bonds is 3. The monoisotopic (exact) mass is 180 g/mol. The van der Waals surface area contributed by atoms with Gasteiger partial charge in [0.25, 0.3) is 0 Å². The van der Waals surface area contributed by atoms with Crippen LogP contribution in [0.15, 0.2) is 11.5 Å². The van der Waals surface area contributed by atoms with Crippen LogP contribution < -0.4 is 5.73 Å². The highest BCUT2D eigenvalue weighted by atomic mass is 32.1. The van der Waals surface area contributed by atoms with E-state index in [1.165, 1.54) is 17.8 Å². The summed E-state index contributed by atoms with van der Waals surface area (Å²) < 4.78 is 0. The van der Waals surface area contributed by atoms with Gasteiger partial charge in [-0.05, 0) is 18.9 Å². The molecule has 1 aromatic heterocycles. The van der Waals surface area contributed by atoms with Crippen molar-refractivity contribution >= 4 is 17.4 Å². The van der Waals surface area contributed by atoms with Gasteiger partial charge in [0.1, 0.15) is 0 Å². The van der Waals surface area contributed by atoms with Crippen molar-refractivity contribution in [3.8, 4) is 0 Å². The maximum atomic E-state index is 5.34. The molecule has 0 aliphatic heterocycles. The van der Waals surface area contributed by atoms with Crippen LogP contribution in [-0.4, -0.2) is 11.5 Å². The van der Waals surface area contributed by atoms with E-state index < -0.39 is 0 Å². The van der Waals surface area contributed by atoms with Crippen LogP contribution >= 0.6 is 11.3 Å². The Bertz CT molecular complexity index is 286. The molecular weight excluding hydrogens is 168 g/mol. The lowest BCUT2D eigenvalue weighted by atomic mass is 10.4. The lowest BCUT2D eigenvalue weighted by molar-refractivity contribution is 1.08. The first kappa shape index (κ1) is 7.95. The number of hydrogen-bond acceptors (Lipinski definition) is 3. The SMILES string of the molecule is NC/C=C/c1csc(C2CC2)n1. The molecule has 2 N–H and O–H groups in total. The minimum absolute atomic E-state index is 0.594. The lowest BCUT2D eigenvalue weighted by Crippen LogP contribution is -1.91. The van der Waals surface area contributed by atoms with Crippen LogP contribution in [0.25, 0.3) is 6.08 Å². The molecule has 64 valence electrons. The van der Waals surface area contributed by atoms with Gasteiger partial charge in [-0.15, -0.1) is 11.3 Å². The van der Waals surface area contributed by atoms with E-state index in [0.717, 1.165) is 11.6 Å². The molecule has 0 radical (unpaired) electrons. The molecule has 2 nitrogen and oxygen atoms in total. The smallest absolute Gasteiger partial charge is 0.0963 e. The van der Waals surface area contributed by atoms with E-state index in [0.29, 0.717) is 6.54 Å².